The summed E-state index contributed by atoms with van der Waals surface area (Å²) in [6, 6.07) is 1.52. The van der Waals surface area contributed by atoms with Crippen molar-refractivity contribution in [3.63, 3.8) is 0 Å². The van der Waals surface area contributed by atoms with Gasteiger partial charge in [-0.05, 0) is 13.3 Å². The number of ketones is 2. The van der Waals surface area contributed by atoms with Crippen LogP contribution in [0.4, 0.5) is 0 Å². The molecule has 1 aliphatic carbocycles. The van der Waals surface area contributed by atoms with Crippen LogP contribution in [0.1, 0.15) is 35.0 Å². The predicted octanol–water partition coefficient (Wildman–Crippen LogP) is 2.99. The van der Waals surface area contributed by atoms with Crippen LogP contribution in [0.15, 0.2) is 24.0 Å². The lowest BCUT2D eigenvalue weighted by Crippen LogP contribution is -2.55. The lowest BCUT2D eigenvalue weighted by molar-refractivity contribution is -0.129. The Labute approximate surface area is 178 Å². The summed E-state index contributed by atoms with van der Waals surface area (Å²) >= 11 is 6.39. The van der Waals surface area contributed by atoms with E-state index in [1.54, 1.807) is 6.20 Å². The minimum absolute atomic E-state index is 0.122. The smallest absolute Gasteiger partial charge is 0.236 e. The average molecular weight is 432 g/mol. The summed E-state index contributed by atoms with van der Waals surface area (Å²) in [7, 11) is 2.89. The third-order valence-electron chi connectivity index (χ3n) is 5.75. The van der Waals surface area contributed by atoms with E-state index in [0.29, 0.717) is 18.7 Å². The first-order valence-electron chi connectivity index (χ1n) is 9.49. The molecule has 0 radical (unpaired) electrons. The molecule has 2 atom stereocenters. The number of fused-ring (bicyclic) bond motifs is 1. The molecule has 2 unspecified atom stereocenters. The minimum atomic E-state index is -1.66. The van der Waals surface area contributed by atoms with Gasteiger partial charge in [-0.25, -0.2) is 0 Å². The summed E-state index contributed by atoms with van der Waals surface area (Å²) in [4.78, 5) is 26.7. The molecule has 2 N–H and O–H groups in total. The molecule has 1 aromatic heterocycles. The highest BCUT2D eigenvalue weighted by Crippen LogP contribution is 2.52. The lowest BCUT2D eigenvalue weighted by Gasteiger charge is -2.35. The molecule has 0 amide bonds. The van der Waals surface area contributed by atoms with E-state index in [2.05, 4.69) is 15.5 Å². The number of aromatic nitrogens is 2. The number of carbonyl (C=O) groups is 2. The van der Waals surface area contributed by atoms with Crippen molar-refractivity contribution < 1.29 is 23.8 Å². The maximum Gasteiger partial charge on any atom is 0.236 e. The Morgan fingerprint density at radius 3 is 2.67 bits per heavy atom. The number of hydrogen-bond donors (Lipinski definition) is 2. The van der Waals surface area contributed by atoms with Crippen molar-refractivity contribution in [2.45, 2.75) is 32.4 Å². The normalized spacial score (nSPS) is 22.6. The van der Waals surface area contributed by atoms with Crippen LogP contribution < -0.4 is 19.5 Å². The van der Waals surface area contributed by atoms with E-state index in [0.717, 1.165) is 17.0 Å². The van der Waals surface area contributed by atoms with E-state index in [-0.39, 0.29) is 22.1 Å². The van der Waals surface area contributed by atoms with Crippen LogP contribution in [-0.2, 0) is 11.3 Å². The summed E-state index contributed by atoms with van der Waals surface area (Å²) in [5.41, 5.74) is 1.20. The molecule has 0 saturated heterocycles. The van der Waals surface area contributed by atoms with Crippen molar-refractivity contribution in [2.75, 3.05) is 14.2 Å². The zero-order valence-electron chi connectivity index (χ0n) is 17.1. The Balaban J connectivity index is 1.67. The fourth-order valence-electron chi connectivity index (χ4n) is 4.01. The number of carbonyl (C=O) groups excluding carboxylic acids is 2. The number of Topliss-reactive ketones (excluding diaryl/α,β-unsaturated/α-hetero) is 1. The van der Waals surface area contributed by atoms with Crippen LogP contribution in [0.2, 0.25) is 5.02 Å². The largest absolute Gasteiger partial charge is 0.496 e. The molecule has 8 nitrogen and oxygen atoms in total. The van der Waals surface area contributed by atoms with Gasteiger partial charge >= 0.3 is 0 Å². The van der Waals surface area contributed by atoms with Gasteiger partial charge in [-0.3, -0.25) is 14.7 Å². The van der Waals surface area contributed by atoms with Gasteiger partial charge in [0.1, 0.15) is 22.1 Å². The van der Waals surface area contributed by atoms with Crippen LogP contribution in [0.25, 0.3) is 0 Å². The molecule has 0 saturated carbocycles. The molecule has 9 heteroatoms. The molecule has 30 heavy (non-hydrogen) atoms. The molecule has 4 rings (SSSR count). The number of ether oxygens (including phenoxy) is 3. The summed E-state index contributed by atoms with van der Waals surface area (Å²) in [5, 5.41) is 10.3. The second-order valence-electron chi connectivity index (χ2n) is 7.48. The summed E-state index contributed by atoms with van der Waals surface area (Å²) in [5.74, 6) is -0.604. The van der Waals surface area contributed by atoms with Crippen LogP contribution >= 0.6 is 11.6 Å². The van der Waals surface area contributed by atoms with Gasteiger partial charge in [0.15, 0.2) is 5.75 Å². The number of hydrogen-bond acceptors (Lipinski definition) is 7. The Morgan fingerprint density at radius 1 is 1.33 bits per heavy atom. The van der Waals surface area contributed by atoms with Crippen molar-refractivity contribution >= 4 is 23.2 Å². The molecular weight excluding hydrogens is 410 g/mol. The average Bonchev–Trinajstić information content (AvgIpc) is 3.27. The number of methoxy groups -OCH3 is 2. The van der Waals surface area contributed by atoms with Gasteiger partial charge in [0.05, 0.1) is 20.4 Å². The Morgan fingerprint density at radius 2 is 2.07 bits per heavy atom. The van der Waals surface area contributed by atoms with E-state index in [1.807, 2.05) is 13.8 Å². The zero-order valence-corrected chi connectivity index (χ0v) is 17.8. The number of benzene rings is 1. The van der Waals surface area contributed by atoms with Crippen LogP contribution in [0, 0.1) is 12.8 Å². The molecule has 158 valence electrons. The molecule has 1 aromatic carbocycles. The Bertz CT molecular complexity index is 1080. The van der Waals surface area contributed by atoms with E-state index in [4.69, 9.17) is 25.8 Å². The number of H-pyrrole nitrogens is 1. The lowest BCUT2D eigenvalue weighted by atomic mass is 9.74. The predicted molar refractivity (Wildman–Crippen MR) is 109 cm³/mol. The van der Waals surface area contributed by atoms with E-state index < -0.39 is 23.1 Å². The highest BCUT2D eigenvalue weighted by molar-refractivity contribution is 6.36. The van der Waals surface area contributed by atoms with Crippen molar-refractivity contribution in [1.82, 2.24) is 15.5 Å². The van der Waals surface area contributed by atoms with Crippen molar-refractivity contribution in [1.29, 1.82) is 0 Å². The first kappa shape index (κ1) is 20.3. The van der Waals surface area contributed by atoms with Crippen molar-refractivity contribution in [2.24, 2.45) is 5.92 Å². The number of aryl methyl sites for hydroxylation is 1. The second-order valence-corrected chi connectivity index (χ2v) is 7.86. The number of halogens is 1. The van der Waals surface area contributed by atoms with Crippen LogP contribution in [0.5, 0.6) is 17.2 Å². The number of rotatable bonds is 5. The van der Waals surface area contributed by atoms with Crippen LogP contribution in [-0.4, -0.2) is 41.6 Å². The molecule has 0 fully saturated rings. The number of nitrogens with one attached hydrogen (secondary N) is 2. The van der Waals surface area contributed by atoms with E-state index >= 15 is 0 Å². The van der Waals surface area contributed by atoms with E-state index in [9.17, 15) is 9.59 Å². The standard InChI is InChI=1S/C21H22ClN3O5/c1-10-5-13(23-8-12-9-24-25-11(12)2)6-16(26)21(10)20(27)17-14(28-3)7-15(29-4)18(22)19(17)30-21/h6-7,9-10,23H,5,8H2,1-4H3,(H,24,25). The molecule has 1 aliphatic heterocycles. The molecular formula is C21H22ClN3O5. The summed E-state index contributed by atoms with van der Waals surface area (Å²) in [6.45, 7) is 4.26. The molecule has 1 spiro atoms. The number of allylic oxidation sites excluding steroid dienone is 1. The zero-order chi connectivity index (χ0) is 21.6. The van der Waals surface area contributed by atoms with Crippen molar-refractivity contribution in [3.05, 3.63) is 45.9 Å². The van der Waals surface area contributed by atoms with E-state index in [1.165, 1.54) is 26.4 Å². The minimum Gasteiger partial charge on any atom is -0.496 e. The fraction of sp³-hybridized carbons (Fsp3) is 0.381. The van der Waals surface area contributed by atoms with Gasteiger partial charge in [-0.1, -0.05) is 18.5 Å². The molecule has 2 heterocycles. The Kier molecular flexibility index (Phi) is 4.97. The number of aromatic amines is 1. The second kappa shape index (κ2) is 7.36. The Hall–Kier alpha value is -3.00. The maximum atomic E-state index is 13.4. The highest BCUT2D eigenvalue weighted by Gasteiger charge is 2.60. The van der Waals surface area contributed by atoms with Gasteiger partial charge < -0.3 is 19.5 Å². The maximum absolute atomic E-state index is 13.4. The first-order chi connectivity index (χ1) is 14.3. The summed E-state index contributed by atoms with van der Waals surface area (Å²) < 4.78 is 16.6. The first-order valence-corrected chi connectivity index (χ1v) is 9.87. The third-order valence-corrected chi connectivity index (χ3v) is 6.11. The fourth-order valence-corrected chi connectivity index (χ4v) is 4.28. The molecule has 0 bridgehead atoms. The topological polar surface area (TPSA) is 103 Å². The van der Waals surface area contributed by atoms with Crippen LogP contribution in [0.3, 0.4) is 0 Å². The van der Waals surface area contributed by atoms with Gasteiger partial charge in [0.2, 0.25) is 17.2 Å². The van der Waals surface area contributed by atoms with Gasteiger partial charge in [0.25, 0.3) is 0 Å². The SMILES string of the molecule is COc1cc(OC)c2c(c1Cl)OC1(C(=O)C=C(NCc3cn[nH]c3C)CC1C)C2=O. The third kappa shape index (κ3) is 2.86. The molecule has 2 aliphatic rings. The highest BCUT2D eigenvalue weighted by atomic mass is 35.5. The van der Waals surface area contributed by atoms with Gasteiger partial charge in [0, 0.05) is 41.6 Å². The monoisotopic (exact) mass is 431 g/mol. The van der Waals surface area contributed by atoms with Gasteiger partial charge in [-0.15, -0.1) is 0 Å². The molecule has 2 aromatic rings. The number of nitrogens with zero attached hydrogens (tertiary/aromatic N) is 1. The quantitative estimate of drug-likeness (QED) is 0.701. The summed E-state index contributed by atoms with van der Waals surface area (Å²) in [6.07, 6.45) is 3.64. The van der Waals surface area contributed by atoms with Gasteiger partial charge in [-0.2, -0.15) is 5.10 Å². The van der Waals surface area contributed by atoms with Crippen molar-refractivity contribution in [3.8, 4) is 17.2 Å².